The minimum Gasteiger partial charge on any atom is -0.385 e. The van der Waals surface area contributed by atoms with Gasteiger partial charge in [-0.25, -0.2) is 8.42 Å². The molecule has 0 saturated carbocycles. The van der Waals surface area contributed by atoms with Gasteiger partial charge in [0.1, 0.15) is 0 Å². The van der Waals surface area contributed by atoms with Crippen LogP contribution in [0.3, 0.4) is 0 Å². The lowest BCUT2D eigenvalue weighted by Crippen LogP contribution is -2.12. The molecule has 0 heterocycles. The minimum absolute atomic E-state index is 0.235. The SMILES string of the molecule is CCCNc1ccc(NS(=O)(=O)c2ccc(Br)cc2)cc1. The van der Waals surface area contributed by atoms with Crippen LogP contribution in [-0.4, -0.2) is 15.0 Å². The van der Waals surface area contributed by atoms with Crippen LogP contribution in [0.15, 0.2) is 57.9 Å². The minimum atomic E-state index is -3.55. The Kier molecular flexibility index (Phi) is 5.25. The van der Waals surface area contributed by atoms with Gasteiger partial charge >= 0.3 is 0 Å². The molecular formula is C15H17BrN2O2S. The van der Waals surface area contributed by atoms with E-state index in [1.54, 1.807) is 36.4 Å². The first kappa shape index (κ1) is 15.9. The largest absolute Gasteiger partial charge is 0.385 e. The summed E-state index contributed by atoms with van der Waals surface area (Å²) in [6.07, 6.45) is 1.04. The fraction of sp³-hybridized carbons (Fsp3) is 0.200. The molecule has 0 bridgehead atoms. The maximum Gasteiger partial charge on any atom is 0.261 e. The zero-order valence-electron chi connectivity index (χ0n) is 11.6. The molecule has 0 atom stereocenters. The van der Waals surface area contributed by atoms with Crippen LogP contribution < -0.4 is 10.0 Å². The molecule has 2 rings (SSSR count). The fourth-order valence-corrected chi connectivity index (χ4v) is 3.08. The maximum absolute atomic E-state index is 12.2. The van der Waals surface area contributed by atoms with Crippen LogP contribution in [-0.2, 0) is 10.0 Å². The summed E-state index contributed by atoms with van der Waals surface area (Å²) in [4.78, 5) is 0.235. The van der Waals surface area contributed by atoms with Crippen molar-refractivity contribution < 1.29 is 8.42 Å². The van der Waals surface area contributed by atoms with E-state index in [2.05, 4.69) is 32.9 Å². The smallest absolute Gasteiger partial charge is 0.261 e. The Hall–Kier alpha value is -1.53. The van der Waals surface area contributed by atoms with E-state index >= 15 is 0 Å². The molecule has 2 N–H and O–H groups in total. The summed E-state index contributed by atoms with van der Waals surface area (Å²) in [6, 6.07) is 13.7. The van der Waals surface area contributed by atoms with Gasteiger partial charge in [0, 0.05) is 22.4 Å². The number of nitrogens with one attached hydrogen (secondary N) is 2. The molecule has 6 heteroatoms. The third kappa shape index (κ3) is 4.47. The summed E-state index contributed by atoms with van der Waals surface area (Å²) in [7, 11) is -3.55. The number of benzene rings is 2. The van der Waals surface area contributed by atoms with Crippen molar-refractivity contribution in [3.05, 3.63) is 53.0 Å². The summed E-state index contributed by atoms with van der Waals surface area (Å²) in [6.45, 7) is 2.98. The summed E-state index contributed by atoms with van der Waals surface area (Å²) in [5.41, 5.74) is 1.52. The van der Waals surface area contributed by atoms with Crippen LogP contribution in [0.1, 0.15) is 13.3 Å². The molecule has 0 radical (unpaired) electrons. The van der Waals surface area contributed by atoms with E-state index in [0.717, 1.165) is 23.1 Å². The van der Waals surface area contributed by atoms with Crippen molar-refractivity contribution in [3.8, 4) is 0 Å². The molecule has 0 saturated heterocycles. The van der Waals surface area contributed by atoms with E-state index in [9.17, 15) is 8.42 Å². The molecule has 0 unspecified atom stereocenters. The van der Waals surface area contributed by atoms with Crippen LogP contribution in [0, 0.1) is 0 Å². The van der Waals surface area contributed by atoms with Crippen molar-refractivity contribution in [2.45, 2.75) is 18.2 Å². The van der Waals surface area contributed by atoms with Gasteiger partial charge in [0.25, 0.3) is 10.0 Å². The van der Waals surface area contributed by atoms with Crippen LogP contribution in [0.25, 0.3) is 0 Å². The number of anilines is 2. The molecule has 0 fully saturated rings. The molecule has 2 aromatic rings. The summed E-state index contributed by atoms with van der Waals surface area (Å²) >= 11 is 3.29. The number of rotatable bonds is 6. The van der Waals surface area contributed by atoms with E-state index in [1.165, 1.54) is 0 Å². The Morgan fingerprint density at radius 1 is 0.952 bits per heavy atom. The molecule has 0 amide bonds. The quantitative estimate of drug-likeness (QED) is 0.807. The van der Waals surface area contributed by atoms with Gasteiger partial charge in [0.05, 0.1) is 4.90 Å². The standard InChI is InChI=1S/C15H17BrN2O2S/c1-2-11-17-13-5-7-14(8-6-13)18-21(19,20)15-9-3-12(16)4-10-15/h3-10,17-18H,2,11H2,1H3. The summed E-state index contributed by atoms with van der Waals surface area (Å²) in [5.74, 6) is 0. The van der Waals surface area contributed by atoms with E-state index < -0.39 is 10.0 Å². The molecule has 0 aliphatic heterocycles. The third-order valence-electron chi connectivity index (χ3n) is 2.84. The Bertz CT molecular complexity index is 683. The number of hydrogen-bond acceptors (Lipinski definition) is 3. The molecule has 0 spiro atoms. The molecule has 0 aliphatic rings. The van der Waals surface area contributed by atoms with Gasteiger partial charge in [-0.1, -0.05) is 22.9 Å². The first-order valence-corrected chi connectivity index (χ1v) is 8.91. The highest BCUT2D eigenvalue weighted by Gasteiger charge is 2.13. The molecule has 0 aliphatic carbocycles. The maximum atomic E-state index is 12.2. The van der Waals surface area contributed by atoms with Crippen molar-refractivity contribution in [2.24, 2.45) is 0 Å². The van der Waals surface area contributed by atoms with E-state index in [-0.39, 0.29) is 4.90 Å². The van der Waals surface area contributed by atoms with Gasteiger partial charge < -0.3 is 5.32 Å². The monoisotopic (exact) mass is 368 g/mol. The van der Waals surface area contributed by atoms with Gasteiger partial charge in [-0.3, -0.25) is 4.72 Å². The topological polar surface area (TPSA) is 58.2 Å². The summed E-state index contributed by atoms with van der Waals surface area (Å²) in [5, 5.41) is 3.24. The van der Waals surface area contributed by atoms with Gasteiger partial charge in [0.15, 0.2) is 0 Å². The highest BCUT2D eigenvalue weighted by atomic mass is 79.9. The Morgan fingerprint density at radius 3 is 2.10 bits per heavy atom. The first-order chi connectivity index (χ1) is 10.0. The second-order valence-corrected chi connectivity index (χ2v) is 7.16. The van der Waals surface area contributed by atoms with Crippen LogP contribution >= 0.6 is 15.9 Å². The van der Waals surface area contributed by atoms with Crippen molar-refractivity contribution in [2.75, 3.05) is 16.6 Å². The lowest BCUT2D eigenvalue weighted by molar-refractivity contribution is 0.601. The normalized spacial score (nSPS) is 11.1. The van der Waals surface area contributed by atoms with E-state index in [4.69, 9.17) is 0 Å². The van der Waals surface area contributed by atoms with E-state index in [0.29, 0.717) is 5.69 Å². The highest BCUT2D eigenvalue weighted by molar-refractivity contribution is 9.10. The number of halogens is 1. The molecule has 0 aromatic heterocycles. The molecule has 4 nitrogen and oxygen atoms in total. The van der Waals surface area contributed by atoms with Crippen molar-refractivity contribution >= 4 is 37.3 Å². The zero-order chi connectivity index (χ0) is 15.3. The van der Waals surface area contributed by atoms with Crippen molar-refractivity contribution in [3.63, 3.8) is 0 Å². The highest BCUT2D eigenvalue weighted by Crippen LogP contribution is 2.20. The summed E-state index contributed by atoms with van der Waals surface area (Å²) < 4.78 is 27.9. The number of hydrogen-bond donors (Lipinski definition) is 2. The van der Waals surface area contributed by atoms with Crippen LogP contribution in [0.5, 0.6) is 0 Å². The first-order valence-electron chi connectivity index (χ1n) is 6.63. The molecular weight excluding hydrogens is 352 g/mol. The zero-order valence-corrected chi connectivity index (χ0v) is 14.0. The predicted molar refractivity (Wildman–Crippen MR) is 90.2 cm³/mol. The Balaban J connectivity index is 2.11. The molecule has 21 heavy (non-hydrogen) atoms. The Morgan fingerprint density at radius 2 is 1.52 bits per heavy atom. The van der Waals surface area contributed by atoms with Crippen molar-refractivity contribution in [1.82, 2.24) is 0 Å². The average Bonchev–Trinajstić information content (AvgIpc) is 2.47. The van der Waals surface area contributed by atoms with Crippen LogP contribution in [0.4, 0.5) is 11.4 Å². The lowest BCUT2D eigenvalue weighted by Gasteiger charge is -2.09. The predicted octanol–water partition coefficient (Wildman–Crippen LogP) is 4.07. The second kappa shape index (κ2) is 6.95. The fourth-order valence-electron chi connectivity index (χ4n) is 1.75. The average molecular weight is 369 g/mol. The third-order valence-corrected chi connectivity index (χ3v) is 4.77. The molecule has 112 valence electrons. The van der Waals surface area contributed by atoms with E-state index in [1.807, 2.05) is 12.1 Å². The lowest BCUT2D eigenvalue weighted by atomic mass is 10.3. The molecule has 2 aromatic carbocycles. The van der Waals surface area contributed by atoms with Gasteiger partial charge in [-0.15, -0.1) is 0 Å². The van der Waals surface area contributed by atoms with Crippen molar-refractivity contribution in [1.29, 1.82) is 0 Å². The van der Waals surface area contributed by atoms with Gasteiger partial charge in [-0.2, -0.15) is 0 Å². The van der Waals surface area contributed by atoms with Crippen LogP contribution in [0.2, 0.25) is 0 Å². The number of sulfonamides is 1. The Labute approximate surface area is 133 Å². The van der Waals surface area contributed by atoms with Gasteiger partial charge in [-0.05, 0) is 55.0 Å². The second-order valence-electron chi connectivity index (χ2n) is 4.56. The van der Waals surface area contributed by atoms with Gasteiger partial charge in [0.2, 0.25) is 0 Å².